The van der Waals surface area contributed by atoms with Crippen LogP contribution < -0.4 is 19.9 Å². The van der Waals surface area contributed by atoms with Crippen LogP contribution in [0.3, 0.4) is 0 Å². The number of imide groups is 1. The van der Waals surface area contributed by atoms with Crippen molar-refractivity contribution in [1.29, 1.82) is 0 Å². The van der Waals surface area contributed by atoms with Gasteiger partial charge in [-0.2, -0.15) is 5.10 Å². The molecule has 7 heterocycles. The number of hydrogen-bond acceptors (Lipinski definition) is 11. The third kappa shape index (κ3) is 7.79. The summed E-state index contributed by atoms with van der Waals surface area (Å²) in [6.45, 7) is 9.31. The van der Waals surface area contributed by atoms with Gasteiger partial charge in [-0.3, -0.25) is 29.7 Å². The molecule has 6 aliphatic rings. The monoisotopic (exact) mass is 822 g/mol. The molecule has 0 radical (unpaired) electrons. The minimum Gasteiger partial charge on any atom is -0.488 e. The number of piperidine rings is 3. The highest BCUT2D eigenvalue weighted by molar-refractivity contribution is 6.05. The molecule has 2 aromatic carbocycles. The highest BCUT2D eigenvalue weighted by atomic mass is 19.1. The average Bonchev–Trinajstić information content (AvgIpc) is 3.68. The lowest BCUT2D eigenvalue weighted by atomic mass is 9.90. The van der Waals surface area contributed by atoms with Crippen LogP contribution in [0.5, 0.6) is 5.75 Å². The summed E-state index contributed by atoms with van der Waals surface area (Å²) in [6.07, 6.45) is 7.28. The molecule has 4 saturated heterocycles. The average molecular weight is 823 g/mol. The van der Waals surface area contributed by atoms with Gasteiger partial charge in [0.25, 0.3) is 5.91 Å². The van der Waals surface area contributed by atoms with E-state index >= 15 is 8.78 Å². The summed E-state index contributed by atoms with van der Waals surface area (Å²) < 4.78 is 38.0. The summed E-state index contributed by atoms with van der Waals surface area (Å²) >= 11 is 0. The second-order valence-electron chi connectivity index (χ2n) is 18.1. The molecule has 60 heavy (non-hydrogen) atoms. The lowest BCUT2D eigenvalue weighted by Crippen LogP contribution is -2.54. The van der Waals surface area contributed by atoms with Crippen molar-refractivity contribution in [2.24, 2.45) is 5.92 Å². The summed E-state index contributed by atoms with van der Waals surface area (Å²) in [5.41, 5.74) is 2.55. The number of likely N-dealkylation sites (tertiary alicyclic amines) is 1. The minimum absolute atomic E-state index is 0.0619. The fourth-order valence-electron chi connectivity index (χ4n) is 9.83. The number of fused-ring (bicyclic) bond motifs is 2. The van der Waals surface area contributed by atoms with Crippen molar-refractivity contribution in [2.45, 2.75) is 82.1 Å². The number of ether oxygens (including phenoxy) is 1. The van der Waals surface area contributed by atoms with Crippen molar-refractivity contribution in [3.05, 3.63) is 59.7 Å². The van der Waals surface area contributed by atoms with Gasteiger partial charge in [0, 0.05) is 95.4 Å². The highest BCUT2D eigenvalue weighted by Crippen LogP contribution is 2.41. The first-order valence-corrected chi connectivity index (χ1v) is 21.6. The second-order valence-corrected chi connectivity index (χ2v) is 18.1. The summed E-state index contributed by atoms with van der Waals surface area (Å²) in [5, 5.41) is 11.0. The molecule has 16 heteroatoms. The van der Waals surface area contributed by atoms with Crippen molar-refractivity contribution in [3.63, 3.8) is 0 Å². The molecule has 0 bridgehead atoms. The first kappa shape index (κ1) is 38.9. The quantitative estimate of drug-likeness (QED) is 0.215. The number of aromatic amines is 1. The van der Waals surface area contributed by atoms with E-state index in [4.69, 9.17) is 4.74 Å². The molecule has 316 valence electrons. The van der Waals surface area contributed by atoms with Gasteiger partial charge in [-0.15, -0.1) is 0 Å². The van der Waals surface area contributed by atoms with Gasteiger partial charge in [0.1, 0.15) is 46.7 Å². The van der Waals surface area contributed by atoms with Gasteiger partial charge in [0.05, 0.1) is 16.9 Å². The summed E-state index contributed by atoms with van der Waals surface area (Å²) in [4.78, 5) is 56.8. The van der Waals surface area contributed by atoms with Gasteiger partial charge >= 0.3 is 0 Å². The Balaban J connectivity index is 0.679. The number of nitrogens with zero attached hydrogens (tertiary/aromatic N) is 8. The van der Waals surface area contributed by atoms with Crippen molar-refractivity contribution in [2.75, 3.05) is 75.2 Å². The summed E-state index contributed by atoms with van der Waals surface area (Å²) in [7, 11) is 0. The molecule has 2 aromatic heterocycles. The number of hydrogen-bond donors (Lipinski definition) is 2. The second kappa shape index (κ2) is 15.4. The molecule has 3 amide bonds. The molecule has 1 aliphatic carbocycles. The lowest BCUT2D eigenvalue weighted by molar-refractivity contribution is -0.136. The van der Waals surface area contributed by atoms with Crippen LogP contribution >= 0.6 is 0 Å². The molecule has 1 unspecified atom stereocenters. The van der Waals surface area contributed by atoms with Crippen molar-refractivity contribution in [3.8, 4) is 17.1 Å². The fraction of sp³-hybridized carbons (Fsp3) is 0.545. The number of halogens is 2. The van der Waals surface area contributed by atoms with Crippen LogP contribution in [-0.2, 0) is 16.1 Å². The first-order valence-electron chi connectivity index (χ1n) is 21.6. The number of amides is 3. The normalized spacial score (nSPS) is 23.6. The molecule has 0 spiro atoms. The molecular formula is C44H52F2N10O4. The Morgan fingerprint density at radius 3 is 2.40 bits per heavy atom. The smallest absolute Gasteiger partial charge is 0.255 e. The molecule has 1 saturated carbocycles. The van der Waals surface area contributed by atoms with Crippen molar-refractivity contribution >= 4 is 40.1 Å². The van der Waals surface area contributed by atoms with E-state index in [0.717, 1.165) is 92.3 Å². The molecule has 5 fully saturated rings. The van der Waals surface area contributed by atoms with Gasteiger partial charge in [0.2, 0.25) is 11.8 Å². The molecule has 1 atom stereocenters. The van der Waals surface area contributed by atoms with Gasteiger partial charge in [-0.05, 0) is 93.7 Å². The fourth-order valence-corrected chi connectivity index (χ4v) is 9.83. The van der Waals surface area contributed by atoms with Crippen molar-refractivity contribution < 1.29 is 27.9 Å². The Morgan fingerprint density at radius 2 is 1.65 bits per heavy atom. The number of piperazine rings is 1. The molecule has 14 nitrogen and oxygen atoms in total. The molecule has 10 rings (SSSR count). The number of alkyl halides is 1. The van der Waals surface area contributed by atoms with E-state index in [0.29, 0.717) is 62.7 Å². The van der Waals surface area contributed by atoms with E-state index in [9.17, 15) is 14.4 Å². The standard InChI is InChI=1S/C44H52F2N10O4/c1-43(8-9-43)60-30-2-3-34-32(21-30)40(51-50-34)35-23-38(48-27-47-35)55-12-6-28(7-13-55)24-52-14-10-44(46,11-15-52)26-53-16-18-54(19-17-53)37-20-29-25-56(42(59)31(29)22-33(37)45)36-4-5-39(57)49-41(36)58/h2-3,20-23,27-28,36H,4-19,24-26H2,1H3,(H,50,51)(H,49,57,58). The van der Waals surface area contributed by atoms with Crippen LogP contribution in [0.25, 0.3) is 22.3 Å². The van der Waals surface area contributed by atoms with Gasteiger partial charge in [-0.1, -0.05) is 0 Å². The van der Waals surface area contributed by atoms with Crippen LogP contribution in [0.2, 0.25) is 0 Å². The molecule has 5 aliphatic heterocycles. The predicted molar refractivity (Wildman–Crippen MR) is 221 cm³/mol. The summed E-state index contributed by atoms with van der Waals surface area (Å²) in [6, 6.07) is 10.3. The third-order valence-electron chi connectivity index (χ3n) is 13.8. The van der Waals surface area contributed by atoms with Gasteiger partial charge in [0.15, 0.2) is 0 Å². The number of benzene rings is 2. The number of nitrogens with one attached hydrogen (secondary N) is 2. The molecular weight excluding hydrogens is 771 g/mol. The SMILES string of the molecule is CC1(Oc2ccc3[nH]nc(-c4cc(N5CCC(CN6CCC(F)(CN7CCN(c8cc9c(cc8F)C(=O)N(C8CCC(=O)NC8=O)C9)CC7)CC6)CC5)ncn4)c3c2)CC1. The largest absolute Gasteiger partial charge is 0.488 e. The molecule has 2 N–H and O–H groups in total. The maximum atomic E-state index is 16.3. The first-order chi connectivity index (χ1) is 29.0. The third-order valence-corrected chi connectivity index (χ3v) is 13.8. The highest BCUT2D eigenvalue weighted by Gasteiger charge is 2.42. The number of rotatable bonds is 10. The number of carbonyl (C=O) groups is 3. The number of anilines is 2. The van der Waals surface area contributed by atoms with E-state index in [1.54, 1.807) is 12.4 Å². The maximum absolute atomic E-state index is 16.3. The topological polar surface area (TPSA) is 143 Å². The van der Waals surface area contributed by atoms with E-state index in [1.807, 2.05) is 23.1 Å². The maximum Gasteiger partial charge on any atom is 0.255 e. The Kier molecular flexibility index (Phi) is 9.97. The van der Waals surface area contributed by atoms with Crippen LogP contribution in [0.4, 0.5) is 20.3 Å². The van der Waals surface area contributed by atoms with E-state index < -0.39 is 29.3 Å². The van der Waals surface area contributed by atoms with Gasteiger partial charge < -0.3 is 24.3 Å². The number of carbonyl (C=O) groups excluding carboxylic acids is 3. The Bertz CT molecular complexity index is 2310. The zero-order valence-electron chi connectivity index (χ0n) is 34.1. The predicted octanol–water partition coefficient (Wildman–Crippen LogP) is 4.69. The number of aromatic nitrogens is 4. The van der Waals surface area contributed by atoms with E-state index in [2.05, 4.69) is 53.2 Å². The zero-order valence-corrected chi connectivity index (χ0v) is 34.1. The minimum atomic E-state index is -1.25. The lowest BCUT2D eigenvalue weighted by Gasteiger charge is -2.43. The van der Waals surface area contributed by atoms with Crippen LogP contribution in [0.15, 0.2) is 42.7 Å². The van der Waals surface area contributed by atoms with Crippen LogP contribution in [0.1, 0.15) is 74.2 Å². The van der Waals surface area contributed by atoms with Crippen molar-refractivity contribution in [1.82, 2.24) is 40.2 Å². The van der Waals surface area contributed by atoms with Crippen LogP contribution in [0, 0.1) is 11.7 Å². The van der Waals surface area contributed by atoms with E-state index in [1.165, 1.54) is 11.0 Å². The zero-order chi connectivity index (χ0) is 41.2. The van der Waals surface area contributed by atoms with E-state index in [-0.39, 0.29) is 36.5 Å². The Labute approximate surface area is 347 Å². The Hall–Kier alpha value is -5.22. The van der Waals surface area contributed by atoms with Crippen LogP contribution in [-0.4, -0.2) is 135 Å². The summed E-state index contributed by atoms with van der Waals surface area (Å²) in [5.74, 6) is 0.583. The van der Waals surface area contributed by atoms with Gasteiger partial charge in [-0.25, -0.2) is 18.7 Å². The number of H-pyrrole nitrogens is 1. The Morgan fingerprint density at radius 1 is 0.867 bits per heavy atom. The molecule has 4 aromatic rings.